The first kappa shape index (κ1) is 25.7. The monoisotopic (exact) mass is 548 g/mol. The smallest absolute Gasteiger partial charge is 0.319 e. The fraction of sp³-hybridized carbons (Fsp3) is 0.379. The van der Waals surface area contributed by atoms with Gasteiger partial charge in [0.15, 0.2) is 16.6 Å². The van der Waals surface area contributed by atoms with Crippen LogP contribution in [0.5, 0.6) is 0 Å². The molecule has 0 radical (unpaired) electrons. The molecule has 5 aromatic rings. The molecule has 0 bridgehead atoms. The summed E-state index contributed by atoms with van der Waals surface area (Å²) in [7, 11) is 2.01. The van der Waals surface area contributed by atoms with Crippen LogP contribution in [0.4, 0.5) is 14.5 Å². The quantitative estimate of drug-likeness (QED) is 0.171. The second kappa shape index (κ2) is 10.2. The predicted molar refractivity (Wildman–Crippen MR) is 150 cm³/mol. The van der Waals surface area contributed by atoms with Crippen molar-refractivity contribution in [2.75, 3.05) is 17.6 Å². The van der Waals surface area contributed by atoms with Crippen molar-refractivity contribution in [3.05, 3.63) is 59.6 Å². The van der Waals surface area contributed by atoms with E-state index in [4.69, 9.17) is 4.42 Å². The zero-order valence-corrected chi connectivity index (χ0v) is 23.0. The maximum Gasteiger partial charge on any atom is 0.319 e. The van der Waals surface area contributed by atoms with E-state index in [1.165, 1.54) is 0 Å². The van der Waals surface area contributed by atoms with Crippen molar-refractivity contribution < 1.29 is 13.2 Å². The second-order valence-corrected chi connectivity index (χ2v) is 11.4. The van der Waals surface area contributed by atoms with Crippen LogP contribution in [0.3, 0.4) is 0 Å². The number of thioether (sulfide) groups is 1. The van der Waals surface area contributed by atoms with Crippen molar-refractivity contribution in [2.45, 2.75) is 50.6 Å². The van der Waals surface area contributed by atoms with Crippen molar-refractivity contribution in [1.82, 2.24) is 24.7 Å². The van der Waals surface area contributed by atoms with Gasteiger partial charge in [0.05, 0.1) is 5.52 Å². The average Bonchev–Trinajstić information content (AvgIpc) is 3.45. The summed E-state index contributed by atoms with van der Waals surface area (Å²) in [5.41, 5.74) is 5.83. The van der Waals surface area contributed by atoms with E-state index in [2.05, 4.69) is 42.2 Å². The Balaban J connectivity index is 1.07. The molecule has 7 nitrogen and oxygen atoms in total. The summed E-state index contributed by atoms with van der Waals surface area (Å²) in [6.07, 6.45) is 3.83. The molecule has 4 heterocycles. The summed E-state index contributed by atoms with van der Waals surface area (Å²) >= 11 is 1.72. The van der Waals surface area contributed by atoms with Gasteiger partial charge in [-0.05, 0) is 62.8 Å². The van der Waals surface area contributed by atoms with Crippen molar-refractivity contribution in [3.63, 3.8) is 0 Å². The highest BCUT2D eigenvalue weighted by molar-refractivity contribution is 7.99. The van der Waals surface area contributed by atoms with Gasteiger partial charge in [-0.2, -0.15) is 8.78 Å². The van der Waals surface area contributed by atoms with Crippen LogP contribution in [0, 0.1) is 12.8 Å². The highest BCUT2D eigenvalue weighted by atomic mass is 32.2. The fourth-order valence-corrected chi connectivity index (χ4v) is 6.13. The highest BCUT2D eigenvalue weighted by Crippen LogP contribution is 2.36. The number of nitrogens with one attached hydrogen (secondary N) is 1. The summed E-state index contributed by atoms with van der Waals surface area (Å²) in [6, 6.07) is 13.9. The number of alkyl halides is 2. The summed E-state index contributed by atoms with van der Waals surface area (Å²) in [5.74, 6) is -1.37. The van der Waals surface area contributed by atoms with Crippen LogP contribution < -0.4 is 5.32 Å². The minimum absolute atomic E-state index is 0.475. The molecule has 0 amide bonds. The van der Waals surface area contributed by atoms with Gasteiger partial charge < -0.3 is 14.3 Å². The van der Waals surface area contributed by atoms with E-state index in [1.54, 1.807) is 17.8 Å². The third kappa shape index (κ3) is 5.09. The standard InChI is InChI=1S/C29H30F2N6OS/c1-17-9-11-19-20(7-4-8-23(19)33-17)26-35-36-28(37(26)3)39-15-5-6-18-10-12-21-22(32-16-18)13-14-24-25(21)38-27(34-24)29(2,30)31/h4,7-9,11,13-14,18,32H,5-6,10,12,15-16H2,1-3H3. The van der Waals surface area contributed by atoms with Crippen molar-refractivity contribution >= 4 is 39.5 Å². The molecule has 10 heteroatoms. The lowest BCUT2D eigenvalue weighted by atomic mass is 9.96. The van der Waals surface area contributed by atoms with E-state index in [9.17, 15) is 8.78 Å². The van der Waals surface area contributed by atoms with Gasteiger partial charge in [-0.15, -0.1) is 10.2 Å². The lowest BCUT2D eigenvalue weighted by Crippen LogP contribution is -2.12. The largest absolute Gasteiger partial charge is 0.435 e. The first-order valence-corrected chi connectivity index (χ1v) is 14.2. The first-order chi connectivity index (χ1) is 18.8. The normalized spacial score (nSPS) is 15.9. The Hall–Kier alpha value is -3.53. The number of aryl methyl sites for hydroxylation is 2. The Morgan fingerprint density at radius 2 is 1.97 bits per heavy atom. The highest BCUT2D eigenvalue weighted by Gasteiger charge is 2.32. The number of halogens is 2. The number of fused-ring (bicyclic) bond motifs is 4. The fourth-order valence-electron chi connectivity index (χ4n) is 5.26. The van der Waals surface area contributed by atoms with Crippen LogP contribution in [0.1, 0.15) is 43.3 Å². The van der Waals surface area contributed by atoms with Gasteiger partial charge in [-0.3, -0.25) is 4.98 Å². The summed E-state index contributed by atoms with van der Waals surface area (Å²) in [5, 5.41) is 14.4. The number of benzene rings is 2. The van der Waals surface area contributed by atoms with Crippen LogP contribution in [0.15, 0.2) is 52.0 Å². The summed E-state index contributed by atoms with van der Waals surface area (Å²) < 4.78 is 35.1. The van der Waals surface area contributed by atoms with Gasteiger partial charge in [-0.25, -0.2) is 4.98 Å². The Kier molecular flexibility index (Phi) is 6.74. The minimum atomic E-state index is -3.10. The molecule has 1 atom stereocenters. The van der Waals surface area contributed by atoms with Gasteiger partial charge in [0.25, 0.3) is 5.89 Å². The van der Waals surface area contributed by atoms with E-state index in [0.29, 0.717) is 17.0 Å². The Morgan fingerprint density at radius 3 is 2.82 bits per heavy atom. The number of oxazole rings is 1. The molecule has 1 aliphatic rings. The van der Waals surface area contributed by atoms with Crippen LogP contribution in [0.2, 0.25) is 0 Å². The van der Waals surface area contributed by atoms with Gasteiger partial charge in [0, 0.05) is 54.2 Å². The molecule has 2 aromatic carbocycles. The molecular weight excluding hydrogens is 518 g/mol. The number of hydrogen-bond acceptors (Lipinski definition) is 7. The molecule has 1 unspecified atom stereocenters. The van der Waals surface area contributed by atoms with Crippen LogP contribution in [-0.2, 0) is 19.4 Å². The van der Waals surface area contributed by atoms with Gasteiger partial charge in [0.1, 0.15) is 5.52 Å². The molecule has 0 aliphatic carbocycles. The first-order valence-electron chi connectivity index (χ1n) is 13.2. The Labute approximate surface area is 229 Å². The number of hydrogen-bond donors (Lipinski definition) is 1. The van der Waals surface area contributed by atoms with Crippen molar-refractivity contribution in [3.8, 4) is 11.4 Å². The molecule has 6 rings (SSSR count). The van der Waals surface area contributed by atoms with Crippen molar-refractivity contribution in [1.29, 1.82) is 0 Å². The van der Waals surface area contributed by atoms with Crippen LogP contribution in [-0.4, -0.2) is 37.0 Å². The maximum absolute atomic E-state index is 13.8. The number of rotatable bonds is 7. The minimum Gasteiger partial charge on any atom is -0.435 e. The molecule has 202 valence electrons. The number of pyridine rings is 1. The van der Waals surface area contributed by atoms with E-state index in [1.807, 2.05) is 38.2 Å². The zero-order valence-electron chi connectivity index (χ0n) is 22.2. The Morgan fingerprint density at radius 1 is 1.10 bits per heavy atom. The third-order valence-electron chi connectivity index (χ3n) is 7.35. The molecule has 1 aliphatic heterocycles. The molecule has 39 heavy (non-hydrogen) atoms. The number of aromatic nitrogens is 5. The maximum atomic E-state index is 13.8. The molecular formula is C29H30F2N6OS. The van der Waals surface area contributed by atoms with E-state index >= 15 is 0 Å². The third-order valence-corrected chi connectivity index (χ3v) is 8.46. The Bertz CT molecular complexity index is 1660. The number of anilines is 1. The van der Waals surface area contributed by atoms with Gasteiger partial charge in [-0.1, -0.05) is 30.0 Å². The molecule has 3 aromatic heterocycles. The second-order valence-electron chi connectivity index (χ2n) is 10.3. The lowest BCUT2D eigenvalue weighted by Gasteiger charge is -2.14. The van der Waals surface area contributed by atoms with E-state index < -0.39 is 11.8 Å². The summed E-state index contributed by atoms with van der Waals surface area (Å²) in [6.45, 7) is 3.65. The van der Waals surface area contributed by atoms with Crippen LogP contribution >= 0.6 is 11.8 Å². The van der Waals surface area contributed by atoms with E-state index in [-0.39, 0.29) is 0 Å². The lowest BCUT2D eigenvalue weighted by molar-refractivity contribution is -0.00940. The topological polar surface area (TPSA) is 81.7 Å². The molecule has 0 saturated heterocycles. The van der Waals surface area contributed by atoms with Gasteiger partial charge in [0.2, 0.25) is 0 Å². The zero-order chi connectivity index (χ0) is 27.1. The van der Waals surface area contributed by atoms with Crippen LogP contribution in [0.25, 0.3) is 33.4 Å². The van der Waals surface area contributed by atoms with Gasteiger partial charge >= 0.3 is 5.92 Å². The van der Waals surface area contributed by atoms with Crippen molar-refractivity contribution in [2.24, 2.45) is 13.0 Å². The predicted octanol–water partition coefficient (Wildman–Crippen LogP) is 7.14. The summed E-state index contributed by atoms with van der Waals surface area (Å²) in [4.78, 5) is 8.66. The molecule has 0 spiro atoms. The van der Waals surface area contributed by atoms with E-state index in [0.717, 1.165) is 89.3 Å². The molecule has 1 N–H and O–H groups in total. The molecule has 0 fully saturated rings. The molecule has 0 saturated carbocycles. The number of nitrogens with zero attached hydrogens (tertiary/aromatic N) is 5. The average molecular weight is 549 g/mol. The SMILES string of the molecule is Cc1ccc2c(-c3nnc(SCCCC4CCc5c(ccc6nc(C(C)(F)F)oc56)NC4)n3C)cccc2n1.